The number of thiazole rings is 1. The van der Waals surface area contributed by atoms with Crippen LogP contribution < -0.4 is 5.32 Å². The van der Waals surface area contributed by atoms with E-state index in [0.29, 0.717) is 23.3 Å². The van der Waals surface area contributed by atoms with E-state index in [0.717, 1.165) is 27.5 Å². The van der Waals surface area contributed by atoms with Crippen molar-refractivity contribution in [1.29, 1.82) is 0 Å². The molecule has 0 aliphatic rings. The first-order valence-corrected chi connectivity index (χ1v) is 11.1. The van der Waals surface area contributed by atoms with Crippen LogP contribution in [0, 0.1) is 0 Å². The average Bonchev–Trinajstić information content (AvgIpc) is 3.59. The average molecular weight is 458 g/mol. The maximum Gasteiger partial charge on any atom is 0.227 e. The summed E-state index contributed by atoms with van der Waals surface area (Å²) in [7, 11) is 1.93. The third-order valence-corrected chi connectivity index (χ3v) is 5.87. The van der Waals surface area contributed by atoms with Gasteiger partial charge in [0, 0.05) is 55.8 Å². The lowest BCUT2D eigenvalue weighted by atomic mass is 10.1. The summed E-state index contributed by atoms with van der Waals surface area (Å²) in [5, 5.41) is 7.36. The number of amides is 1. The molecule has 4 heterocycles. The zero-order chi connectivity index (χ0) is 22.6. The predicted octanol–water partition coefficient (Wildman–Crippen LogP) is 4.23. The Labute approximate surface area is 193 Å². The molecule has 0 bridgehead atoms. The van der Waals surface area contributed by atoms with Crippen LogP contribution in [0.15, 0.2) is 71.8 Å². The largest absolute Gasteiger partial charge is 0.339 e. The monoisotopic (exact) mass is 457 g/mol. The van der Waals surface area contributed by atoms with E-state index in [1.54, 1.807) is 24.7 Å². The molecule has 33 heavy (non-hydrogen) atoms. The third-order valence-electron chi connectivity index (χ3n) is 4.90. The maximum absolute atomic E-state index is 12.6. The van der Waals surface area contributed by atoms with Crippen LogP contribution in [0.3, 0.4) is 0 Å². The normalized spacial score (nSPS) is 10.9. The van der Waals surface area contributed by atoms with Crippen molar-refractivity contribution in [1.82, 2.24) is 29.7 Å². The van der Waals surface area contributed by atoms with Gasteiger partial charge in [-0.2, -0.15) is 4.98 Å². The summed E-state index contributed by atoms with van der Waals surface area (Å²) in [6, 6.07) is 13.5. The van der Waals surface area contributed by atoms with Crippen molar-refractivity contribution in [3.8, 4) is 33.3 Å². The van der Waals surface area contributed by atoms with Crippen molar-refractivity contribution in [2.75, 3.05) is 5.32 Å². The molecule has 5 rings (SSSR count). The Bertz CT molecular complexity index is 1380. The second-order valence-corrected chi connectivity index (χ2v) is 8.23. The minimum absolute atomic E-state index is 0.184. The summed E-state index contributed by atoms with van der Waals surface area (Å²) in [6.45, 7) is 0. The number of nitrogens with one attached hydrogen (secondary N) is 1. The number of imidazole rings is 1. The lowest BCUT2D eigenvalue weighted by molar-refractivity contribution is -0.116. The fourth-order valence-corrected chi connectivity index (χ4v) is 4.32. The van der Waals surface area contributed by atoms with Gasteiger partial charge >= 0.3 is 0 Å². The summed E-state index contributed by atoms with van der Waals surface area (Å²) >= 11 is 1.39. The second-order valence-electron chi connectivity index (χ2n) is 7.23. The fourth-order valence-electron chi connectivity index (χ4n) is 3.27. The minimum atomic E-state index is -0.184. The van der Waals surface area contributed by atoms with E-state index in [9.17, 15) is 4.79 Å². The van der Waals surface area contributed by atoms with Crippen LogP contribution in [0.2, 0.25) is 0 Å². The molecule has 0 fully saturated rings. The highest BCUT2D eigenvalue weighted by Crippen LogP contribution is 2.38. The van der Waals surface area contributed by atoms with E-state index in [-0.39, 0.29) is 12.3 Å². The minimum Gasteiger partial charge on any atom is -0.339 e. The van der Waals surface area contributed by atoms with Crippen LogP contribution in [0.1, 0.15) is 12.3 Å². The Kier molecular flexibility index (Phi) is 5.73. The van der Waals surface area contributed by atoms with Crippen molar-refractivity contribution in [3.05, 3.63) is 73.1 Å². The predicted molar refractivity (Wildman–Crippen MR) is 124 cm³/mol. The Morgan fingerprint density at radius 3 is 2.70 bits per heavy atom. The van der Waals surface area contributed by atoms with Crippen LogP contribution in [0.5, 0.6) is 0 Å². The van der Waals surface area contributed by atoms with E-state index in [1.165, 1.54) is 11.3 Å². The molecular weight excluding hydrogens is 438 g/mol. The van der Waals surface area contributed by atoms with E-state index in [1.807, 2.05) is 54.2 Å². The summed E-state index contributed by atoms with van der Waals surface area (Å²) in [5.41, 5.74) is 2.50. The van der Waals surface area contributed by atoms with Gasteiger partial charge < -0.3 is 14.4 Å². The lowest BCUT2D eigenvalue weighted by Crippen LogP contribution is -2.12. The van der Waals surface area contributed by atoms with Crippen molar-refractivity contribution in [2.45, 2.75) is 12.8 Å². The molecule has 4 aromatic heterocycles. The Balaban J connectivity index is 1.30. The summed E-state index contributed by atoms with van der Waals surface area (Å²) in [6.07, 6.45) is 7.47. The van der Waals surface area contributed by atoms with E-state index < -0.39 is 0 Å². The summed E-state index contributed by atoms with van der Waals surface area (Å²) in [5.74, 6) is 1.45. The third kappa shape index (κ3) is 4.55. The van der Waals surface area contributed by atoms with Gasteiger partial charge in [-0.15, -0.1) is 0 Å². The molecule has 0 spiro atoms. The molecule has 0 aliphatic carbocycles. The molecule has 0 radical (unpaired) electrons. The SMILES string of the molecule is Cn1ccnc1-c1sc(NC(=O)CCc2nc(-c3cccnc3)no2)nc1-c1ccccc1. The molecule has 1 N–H and O–H groups in total. The highest BCUT2D eigenvalue weighted by Gasteiger charge is 2.19. The number of carbonyl (C=O) groups excluding carboxylic acids is 1. The van der Waals surface area contributed by atoms with Gasteiger partial charge in [-0.05, 0) is 12.1 Å². The summed E-state index contributed by atoms with van der Waals surface area (Å²) < 4.78 is 7.20. The van der Waals surface area contributed by atoms with Gasteiger partial charge in [-0.3, -0.25) is 9.78 Å². The van der Waals surface area contributed by atoms with Crippen LogP contribution in [0.4, 0.5) is 5.13 Å². The molecule has 0 aliphatic heterocycles. The first-order valence-electron chi connectivity index (χ1n) is 10.2. The molecule has 9 nitrogen and oxygen atoms in total. The molecule has 10 heteroatoms. The van der Waals surface area contributed by atoms with Gasteiger partial charge in [-0.25, -0.2) is 9.97 Å². The summed E-state index contributed by atoms with van der Waals surface area (Å²) in [4.78, 5) is 31.0. The van der Waals surface area contributed by atoms with E-state index in [4.69, 9.17) is 9.51 Å². The zero-order valence-electron chi connectivity index (χ0n) is 17.7. The molecule has 0 saturated carbocycles. The molecule has 0 atom stereocenters. The number of carbonyl (C=O) groups is 1. The van der Waals surface area contributed by atoms with Gasteiger partial charge in [0.2, 0.25) is 17.6 Å². The Morgan fingerprint density at radius 2 is 1.94 bits per heavy atom. The van der Waals surface area contributed by atoms with Crippen LogP contribution in [-0.4, -0.2) is 35.6 Å². The van der Waals surface area contributed by atoms with Crippen LogP contribution in [-0.2, 0) is 18.3 Å². The highest BCUT2D eigenvalue weighted by atomic mass is 32.1. The molecular formula is C23H19N7O2S. The molecule has 0 unspecified atom stereocenters. The number of hydrogen-bond acceptors (Lipinski definition) is 8. The molecule has 5 aromatic rings. The Hall–Kier alpha value is -4.18. The number of anilines is 1. The molecule has 164 valence electrons. The van der Waals surface area contributed by atoms with Crippen LogP contribution in [0.25, 0.3) is 33.3 Å². The number of aryl methyl sites for hydroxylation is 2. The van der Waals surface area contributed by atoms with E-state index >= 15 is 0 Å². The van der Waals surface area contributed by atoms with Crippen molar-refractivity contribution < 1.29 is 9.32 Å². The number of benzene rings is 1. The number of hydrogen-bond donors (Lipinski definition) is 1. The number of nitrogens with zero attached hydrogens (tertiary/aromatic N) is 6. The van der Waals surface area contributed by atoms with Crippen molar-refractivity contribution in [3.63, 3.8) is 0 Å². The lowest BCUT2D eigenvalue weighted by Gasteiger charge is -2.02. The Morgan fingerprint density at radius 1 is 1.09 bits per heavy atom. The van der Waals surface area contributed by atoms with Crippen molar-refractivity contribution >= 4 is 22.4 Å². The smallest absolute Gasteiger partial charge is 0.227 e. The maximum atomic E-state index is 12.6. The zero-order valence-corrected chi connectivity index (χ0v) is 18.5. The number of rotatable bonds is 7. The van der Waals surface area contributed by atoms with Gasteiger partial charge in [-0.1, -0.05) is 46.8 Å². The van der Waals surface area contributed by atoms with Crippen molar-refractivity contribution in [2.24, 2.45) is 7.05 Å². The van der Waals surface area contributed by atoms with Gasteiger partial charge in [0.1, 0.15) is 0 Å². The number of aromatic nitrogens is 6. The quantitative estimate of drug-likeness (QED) is 0.389. The fraction of sp³-hybridized carbons (Fsp3) is 0.130. The van der Waals surface area contributed by atoms with Crippen LogP contribution >= 0.6 is 11.3 Å². The highest BCUT2D eigenvalue weighted by molar-refractivity contribution is 7.19. The van der Waals surface area contributed by atoms with Gasteiger partial charge in [0.25, 0.3) is 0 Å². The van der Waals surface area contributed by atoms with Gasteiger partial charge in [0.05, 0.1) is 10.6 Å². The molecule has 0 saturated heterocycles. The number of pyridine rings is 1. The first kappa shape index (κ1) is 20.7. The van der Waals surface area contributed by atoms with E-state index in [2.05, 4.69) is 25.4 Å². The standard InChI is InChI=1S/C23H19N7O2S/c1-30-13-12-25-22(30)20-19(15-6-3-2-4-7-15)28-23(33-20)26-17(31)9-10-18-27-21(29-32-18)16-8-5-11-24-14-16/h2-8,11-14H,9-10H2,1H3,(H,26,28,31). The molecule has 1 aromatic carbocycles. The topological polar surface area (TPSA) is 112 Å². The first-order chi connectivity index (χ1) is 16.2. The second kappa shape index (κ2) is 9.13. The van der Waals surface area contributed by atoms with Gasteiger partial charge in [0.15, 0.2) is 11.0 Å². The molecule has 1 amide bonds.